The Morgan fingerprint density at radius 1 is 1.50 bits per heavy atom. The van der Waals surface area contributed by atoms with Crippen LogP contribution in [0.2, 0.25) is 0 Å². The van der Waals surface area contributed by atoms with Crippen LogP contribution >= 0.6 is 0 Å². The summed E-state index contributed by atoms with van der Waals surface area (Å²) in [5.41, 5.74) is 2.50. The first kappa shape index (κ1) is 13.2. The number of nitrogens with zero attached hydrogens (tertiary/aromatic N) is 2. The summed E-state index contributed by atoms with van der Waals surface area (Å²) >= 11 is 0. The van der Waals surface area contributed by atoms with Crippen molar-refractivity contribution in [2.45, 2.75) is 46.9 Å². The third kappa shape index (κ3) is 3.94. The van der Waals surface area contributed by atoms with Gasteiger partial charge >= 0.3 is 0 Å². The molecule has 1 heterocycles. The molecule has 4 heteroatoms. The number of ether oxygens (including phenoxy) is 1. The second-order valence-corrected chi connectivity index (χ2v) is 4.18. The highest BCUT2D eigenvalue weighted by molar-refractivity contribution is 5.15. The van der Waals surface area contributed by atoms with Crippen molar-refractivity contribution in [1.82, 2.24) is 15.1 Å². The lowest BCUT2D eigenvalue weighted by atomic mass is 10.2. The van der Waals surface area contributed by atoms with Gasteiger partial charge in [-0.2, -0.15) is 5.10 Å². The largest absolute Gasteiger partial charge is 0.377 e. The third-order valence-corrected chi connectivity index (χ3v) is 2.52. The second-order valence-electron chi connectivity index (χ2n) is 4.18. The van der Waals surface area contributed by atoms with E-state index < -0.39 is 0 Å². The zero-order valence-electron chi connectivity index (χ0n) is 10.8. The maximum atomic E-state index is 5.51. The topological polar surface area (TPSA) is 39.1 Å². The van der Waals surface area contributed by atoms with Gasteiger partial charge in [-0.25, -0.2) is 0 Å². The molecular formula is C12H23N3O. The average molecular weight is 225 g/mol. The maximum absolute atomic E-state index is 5.51. The Morgan fingerprint density at radius 2 is 2.25 bits per heavy atom. The molecule has 0 fully saturated rings. The minimum absolute atomic E-state index is 0.289. The summed E-state index contributed by atoms with van der Waals surface area (Å²) in [4.78, 5) is 0. The summed E-state index contributed by atoms with van der Waals surface area (Å²) < 4.78 is 7.52. The predicted octanol–water partition coefficient (Wildman–Crippen LogP) is 1.73. The van der Waals surface area contributed by atoms with Crippen LogP contribution < -0.4 is 5.32 Å². The fraction of sp³-hybridized carbons (Fsp3) is 0.750. The molecule has 0 amide bonds. The molecule has 0 aliphatic rings. The highest BCUT2D eigenvalue weighted by Crippen LogP contribution is 2.06. The minimum atomic E-state index is 0.289. The molecule has 4 nitrogen and oxygen atoms in total. The van der Waals surface area contributed by atoms with Crippen LogP contribution in [-0.2, 0) is 17.8 Å². The van der Waals surface area contributed by atoms with Crippen molar-refractivity contribution in [3.8, 4) is 0 Å². The van der Waals surface area contributed by atoms with Crippen LogP contribution in [0.15, 0.2) is 6.20 Å². The molecule has 16 heavy (non-hydrogen) atoms. The van der Waals surface area contributed by atoms with E-state index in [0.29, 0.717) is 0 Å². The van der Waals surface area contributed by atoms with E-state index in [1.165, 1.54) is 11.3 Å². The summed E-state index contributed by atoms with van der Waals surface area (Å²) in [5, 5.41) is 7.67. The molecule has 92 valence electrons. The van der Waals surface area contributed by atoms with Gasteiger partial charge in [0.25, 0.3) is 0 Å². The molecule has 0 aliphatic heterocycles. The fourth-order valence-corrected chi connectivity index (χ4v) is 1.52. The first-order valence-corrected chi connectivity index (χ1v) is 5.98. The Morgan fingerprint density at radius 3 is 2.88 bits per heavy atom. The van der Waals surface area contributed by atoms with Crippen LogP contribution in [0.1, 0.15) is 32.0 Å². The molecule has 1 rings (SSSR count). The van der Waals surface area contributed by atoms with Gasteiger partial charge in [-0.15, -0.1) is 0 Å². The molecule has 0 saturated carbocycles. The first-order chi connectivity index (χ1) is 7.65. The zero-order chi connectivity index (χ0) is 12.0. The van der Waals surface area contributed by atoms with Crippen molar-refractivity contribution in [2.24, 2.45) is 0 Å². The summed E-state index contributed by atoms with van der Waals surface area (Å²) in [6.07, 6.45) is 2.23. The Balaban J connectivity index is 2.45. The van der Waals surface area contributed by atoms with E-state index in [-0.39, 0.29) is 6.10 Å². The van der Waals surface area contributed by atoms with Gasteiger partial charge in [0.2, 0.25) is 0 Å². The quantitative estimate of drug-likeness (QED) is 0.768. The number of nitrogens with one attached hydrogen (secondary N) is 1. The SMILES string of the molecule is CCNCc1cnn(CCOC(C)C)c1C. The third-order valence-electron chi connectivity index (χ3n) is 2.52. The molecule has 0 aliphatic carbocycles. The smallest absolute Gasteiger partial charge is 0.0666 e. The van der Waals surface area contributed by atoms with Gasteiger partial charge in [-0.1, -0.05) is 6.92 Å². The van der Waals surface area contributed by atoms with Crippen molar-refractivity contribution >= 4 is 0 Å². The number of hydrogen-bond acceptors (Lipinski definition) is 3. The van der Waals surface area contributed by atoms with Crippen LogP contribution in [0.25, 0.3) is 0 Å². The van der Waals surface area contributed by atoms with E-state index in [1.54, 1.807) is 0 Å². The normalized spacial score (nSPS) is 11.3. The summed E-state index contributed by atoms with van der Waals surface area (Å²) in [7, 11) is 0. The van der Waals surface area contributed by atoms with Gasteiger partial charge in [-0.05, 0) is 27.3 Å². The zero-order valence-corrected chi connectivity index (χ0v) is 10.8. The highest BCUT2D eigenvalue weighted by atomic mass is 16.5. The average Bonchev–Trinajstić information content (AvgIpc) is 2.57. The molecule has 0 spiro atoms. The highest BCUT2D eigenvalue weighted by Gasteiger charge is 2.05. The number of aromatic nitrogens is 2. The Kier molecular flexibility index (Phi) is 5.49. The second kappa shape index (κ2) is 6.66. The number of rotatable bonds is 7. The lowest BCUT2D eigenvalue weighted by molar-refractivity contribution is 0.0706. The van der Waals surface area contributed by atoms with Crippen molar-refractivity contribution in [3.05, 3.63) is 17.5 Å². The van der Waals surface area contributed by atoms with Gasteiger partial charge in [0.05, 0.1) is 25.5 Å². The molecule has 1 aromatic heterocycles. The Labute approximate surface area is 98.0 Å². The van der Waals surface area contributed by atoms with Crippen LogP contribution in [0.4, 0.5) is 0 Å². The summed E-state index contributed by atoms with van der Waals surface area (Å²) in [6.45, 7) is 11.7. The van der Waals surface area contributed by atoms with Gasteiger partial charge in [0.15, 0.2) is 0 Å². The van der Waals surface area contributed by atoms with Crippen LogP contribution in [-0.4, -0.2) is 29.0 Å². The van der Waals surface area contributed by atoms with E-state index in [1.807, 2.05) is 24.7 Å². The molecule has 0 radical (unpaired) electrons. The molecule has 0 saturated heterocycles. The molecule has 0 bridgehead atoms. The van der Waals surface area contributed by atoms with Gasteiger partial charge in [-0.3, -0.25) is 4.68 Å². The molecular weight excluding hydrogens is 202 g/mol. The van der Waals surface area contributed by atoms with Crippen LogP contribution in [0.5, 0.6) is 0 Å². The molecule has 0 aromatic carbocycles. The van der Waals surface area contributed by atoms with Crippen LogP contribution in [0, 0.1) is 6.92 Å². The molecule has 0 atom stereocenters. The van der Waals surface area contributed by atoms with Crippen molar-refractivity contribution in [2.75, 3.05) is 13.2 Å². The summed E-state index contributed by atoms with van der Waals surface area (Å²) in [5.74, 6) is 0. The lowest BCUT2D eigenvalue weighted by Crippen LogP contribution is -2.14. The Bertz CT molecular complexity index is 307. The maximum Gasteiger partial charge on any atom is 0.0666 e. The van der Waals surface area contributed by atoms with Crippen molar-refractivity contribution in [3.63, 3.8) is 0 Å². The van der Waals surface area contributed by atoms with Gasteiger partial charge in [0, 0.05) is 17.8 Å². The summed E-state index contributed by atoms with van der Waals surface area (Å²) in [6, 6.07) is 0. The molecule has 0 unspecified atom stereocenters. The van der Waals surface area contributed by atoms with E-state index in [4.69, 9.17) is 4.74 Å². The minimum Gasteiger partial charge on any atom is -0.377 e. The van der Waals surface area contributed by atoms with Gasteiger partial charge < -0.3 is 10.1 Å². The van der Waals surface area contributed by atoms with E-state index in [9.17, 15) is 0 Å². The van der Waals surface area contributed by atoms with E-state index in [2.05, 4.69) is 24.3 Å². The molecule has 1 N–H and O–H groups in total. The lowest BCUT2D eigenvalue weighted by Gasteiger charge is -2.09. The fourth-order valence-electron chi connectivity index (χ4n) is 1.52. The molecule has 1 aromatic rings. The number of hydrogen-bond donors (Lipinski definition) is 1. The van der Waals surface area contributed by atoms with E-state index >= 15 is 0 Å². The predicted molar refractivity (Wildman–Crippen MR) is 65.4 cm³/mol. The monoisotopic (exact) mass is 225 g/mol. The van der Waals surface area contributed by atoms with E-state index in [0.717, 1.165) is 26.2 Å². The van der Waals surface area contributed by atoms with Crippen LogP contribution in [0.3, 0.4) is 0 Å². The van der Waals surface area contributed by atoms with Crippen molar-refractivity contribution < 1.29 is 4.74 Å². The van der Waals surface area contributed by atoms with Gasteiger partial charge in [0.1, 0.15) is 0 Å². The first-order valence-electron chi connectivity index (χ1n) is 5.98. The Hall–Kier alpha value is -0.870. The standard InChI is InChI=1S/C12H23N3O/c1-5-13-8-12-9-14-15(11(12)4)6-7-16-10(2)3/h9-10,13H,5-8H2,1-4H3. The van der Waals surface area contributed by atoms with Crippen molar-refractivity contribution in [1.29, 1.82) is 0 Å².